The standard InChI is InChI=1S/C26H28Br2N2OS.4C2H6/c1-5-13(2)8-18-15(4)29-16(11-31)10-17(12-32)30-20-7-6-14(3)9-19(20)22-24(28)23(27)21(18)25(29)26(22)30;4*1-2/h6-9,16-17,31-32H,5,10-12H2,1-4H3;4*1-2H3/b13-8-;;;;. The number of fused-ring (bicyclic) bond motifs is 3. The molecule has 0 saturated carbocycles. The summed E-state index contributed by atoms with van der Waals surface area (Å²) < 4.78 is 7.06. The molecular weight excluding hydrogens is 644 g/mol. The molecular formula is C34H52Br2N2OS. The maximum atomic E-state index is 10.5. The number of thiol groups is 1. The summed E-state index contributed by atoms with van der Waals surface area (Å²) in [5, 5.41) is 14.2. The lowest BCUT2D eigenvalue weighted by molar-refractivity contribution is 0.212. The minimum atomic E-state index is 0.00964. The van der Waals surface area contributed by atoms with Gasteiger partial charge in [-0.3, -0.25) is 0 Å². The summed E-state index contributed by atoms with van der Waals surface area (Å²) in [6.45, 7) is 24.8. The minimum absolute atomic E-state index is 0.00964. The SMILES string of the molecule is CC.CC.CC.CC.CC/C(C)=C\c1c(C)n2c3c1c(Br)c(Br)c1c4cc(C)ccc4n(c13)C(CS)CC2CO. The first kappa shape index (κ1) is 36.8. The van der Waals surface area contributed by atoms with E-state index in [1.165, 1.54) is 55.1 Å². The van der Waals surface area contributed by atoms with Gasteiger partial charge in [0.25, 0.3) is 0 Å². The molecule has 0 saturated heterocycles. The van der Waals surface area contributed by atoms with Crippen LogP contribution in [0.25, 0.3) is 38.8 Å². The van der Waals surface area contributed by atoms with Gasteiger partial charge >= 0.3 is 0 Å². The topological polar surface area (TPSA) is 30.1 Å². The third-order valence-corrected chi connectivity index (χ3v) is 9.70. The smallest absolute Gasteiger partial charge is 0.0754 e. The summed E-state index contributed by atoms with van der Waals surface area (Å²) in [4.78, 5) is 0. The zero-order chi connectivity index (χ0) is 30.9. The molecule has 2 atom stereocenters. The van der Waals surface area contributed by atoms with Crippen molar-refractivity contribution in [3.05, 3.63) is 49.5 Å². The highest BCUT2D eigenvalue weighted by Crippen LogP contribution is 2.51. The summed E-state index contributed by atoms with van der Waals surface area (Å²) in [5.74, 6) is 0.726. The summed E-state index contributed by atoms with van der Waals surface area (Å²) in [6.07, 6.45) is 4.18. The molecule has 0 fully saturated rings. The molecule has 0 aliphatic carbocycles. The summed E-state index contributed by atoms with van der Waals surface area (Å²) in [6, 6.07) is 6.94. The number of allylic oxidation sites excluding steroid dienone is 1. The summed E-state index contributed by atoms with van der Waals surface area (Å²) >= 11 is 12.7. The number of nitrogens with zero attached hydrogens (tertiary/aromatic N) is 2. The Balaban J connectivity index is 0.000000921. The van der Waals surface area contributed by atoms with Gasteiger partial charge in [0.15, 0.2) is 0 Å². The van der Waals surface area contributed by atoms with Crippen molar-refractivity contribution in [2.75, 3.05) is 12.4 Å². The van der Waals surface area contributed by atoms with Gasteiger partial charge in [-0.1, -0.05) is 85.6 Å². The van der Waals surface area contributed by atoms with Gasteiger partial charge in [0.2, 0.25) is 0 Å². The number of hydrogen-bond acceptors (Lipinski definition) is 2. The zero-order valence-electron chi connectivity index (χ0n) is 26.8. The number of aryl methyl sites for hydroxylation is 1. The van der Waals surface area contributed by atoms with Gasteiger partial charge in [-0.2, -0.15) is 12.6 Å². The van der Waals surface area contributed by atoms with Crippen LogP contribution in [0, 0.1) is 13.8 Å². The Morgan fingerprint density at radius 1 is 0.925 bits per heavy atom. The first-order valence-corrected chi connectivity index (χ1v) is 17.4. The molecule has 3 heterocycles. The van der Waals surface area contributed by atoms with Crippen molar-refractivity contribution >= 4 is 83.3 Å². The van der Waals surface area contributed by atoms with Gasteiger partial charge in [-0.15, -0.1) is 0 Å². The monoisotopic (exact) mass is 694 g/mol. The zero-order valence-corrected chi connectivity index (χ0v) is 30.9. The van der Waals surface area contributed by atoms with Crippen molar-refractivity contribution in [2.24, 2.45) is 0 Å². The van der Waals surface area contributed by atoms with E-state index in [-0.39, 0.29) is 18.7 Å². The van der Waals surface area contributed by atoms with Crippen molar-refractivity contribution < 1.29 is 5.11 Å². The number of hydrogen-bond donors (Lipinski definition) is 2. The van der Waals surface area contributed by atoms with Crippen LogP contribution in [0.2, 0.25) is 0 Å². The molecule has 6 heteroatoms. The van der Waals surface area contributed by atoms with Crippen LogP contribution in [0.1, 0.15) is 111 Å². The predicted molar refractivity (Wildman–Crippen MR) is 193 cm³/mol. The molecule has 0 amide bonds. The third-order valence-electron chi connectivity index (χ3n) is 7.16. The van der Waals surface area contributed by atoms with E-state index >= 15 is 0 Å². The van der Waals surface area contributed by atoms with E-state index in [9.17, 15) is 5.11 Å². The quantitative estimate of drug-likeness (QED) is 0.204. The Kier molecular flexibility index (Phi) is 15.7. The first-order chi connectivity index (χ1) is 19.3. The van der Waals surface area contributed by atoms with Crippen LogP contribution in [0.5, 0.6) is 0 Å². The van der Waals surface area contributed by atoms with Crippen LogP contribution >= 0.6 is 44.5 Å². The van der Waals surface area contributed by atoms with Crippen molar-refractivity contribution in [1.29, 1.82) is 0 Å². The van der Waals surface area contributed by atoms with Crippen LogP contribution in [-0.4, -0.2) is 26.6 Å². The van der Waals surface area contributed by atoms with E-state index in [0.717, 1.165) is 27.5 Å². The number of benzene rings is 2. The van der Waals surface area contributed by atoms with Crippen LogP contribution in [-0.2, 0) is 0 Å². The Morgan fingerprint density at radius 2 is 1.48 bits per heavy atom. The number of halogens is 2. The minimum Gasteiger partial charge on any atom is -0.394 e. The van der Waals surface area contributed by atoms with Gasteiger partial charge < -0.3 is 14.2 Å². The third kappa shape index (κ3) is 6.40. The van der Waals surface area contributed by atoms with E-state index in [1.54, 1.807) is 0 Å². The normalized spacial score (nSPS) is 15.8. The van der Waals surface area contributed by atoms with Gasteiger partial charge in [-0.25, -0.2) is 0 Å². The van der Waals surface area contributed by atoms with Crippen molar-refractivity contribution in [2.45, 2.75) is 108 Å². The fraction of sp³-hybridized carbons (Fsp3) is 0.529. The van der Waals surface area contributed by atoms with Gasteiger partial charge in [0, 0.05) is 53.7 Å². The van der Waals surface area contributed by atoms with E-state index in [0.29, 0.717) is 0 Å². The van der Waals surface area contributed by atoms with E-state index in [2.05, 4.69) is 93.0 Å². The summed E-state index contributed by atoms with van der Waals surface area (Å²) in [5.41, 5.74) is 8.72. The lowest BCUT2D eigenvalue weighted by atomic mass is 10.0. The molecule has 1 aliphatic rings. The fourth-order valence-corrected chi connectivity index (χ4v) is 6.99. The molecule has 2 aromatic heterocycles. The Hall–Kier alpha value is -1.21. The number of aliphatic hydroxyl groups is 1. The van der Waals surface area contributed by atoms with Crippen molar-refractivity contribution in [1.82, 2.24) is 9.13 Å². The highest BCUT2D eigenvalue weighted by molar-refractivity contribution is 9.13. The Bertz CT molecular complexity index is 1430. The molecule has 2 unspecified atom stereocenters. The second-order valence-electron chi connectivity index (χ2n) is 9.09. The number of rotatable bonds is 4. The number of aliphatic hydroxyl groups excluding tert-OH is 1. The Morgan fingerprint density at radius 3 is 2.00 bits per heavy atom. The lowest BCUT2D eigenvalue weighted by Gasteiger charge is -2.23. The second kappa shape index (κ2) is 17.0. The van der Waals surface area contributed by atoms with Gasteiger partial charge in [-0.05, 0) is 77.6 Å². The molecule has 40 heavy (non-hydrogen) atoms. The molecule has 2 aromatic carbocycles. The molecule has 224 valence electrons. The van der Waals surface area contributed by atoms with Crippen LogP contribution < -0.4 is 0 Å². The van der Waals surface area contributed by atoms with E-state index < -0.39 is 0 Å². The first-order valence-electron chi connectivity index (χ1n) is 15.2. The maximum Gasteiger partial charge on any atom is 0.0754 e. The van der Waals surface area contributed by atoms with Crippen molar-refractivity contribution in [3.63, 3.8) is 0 Å². The lowest BCUT2D eigenvalue weighted by Crippen LogP contribution is -2.19. The predicted octanol–water partition coefficient (Wildman–Crippen LogP) is 12.2. The largest absolute Gasteiger partial charge is 0.394 e. The molecule has 1 aliphatic heterocycles. The second-order valence-corrected chi connectivity index (χ2v) is 11.0. The maximum absolute atomic E-state index is 10.5. The average Bonchev–Trinajstić information content (AvgIpc) is 3.43. The van der Waals surface area contributed by atoms with E-state index in [4.69, 9.17) is 12.6 Å². The highest BCUT2D eigenvalue weighted by atomic mass is 79.9. The Labute approximate surface area is 266 Å². The van der Waals surface area contributed by atoms with Crippen LogP contribution in [0.3, 0.4) is 0 Å². The molecule has 0 radical (unpaired) electrons. The number of aromatic nitrogens is 2. The van der Waals surface area contributed by atoms with Gasteiger partial charge in [0.1, 0.15) is 0 Å². The van der Waals surface area contributed by atoms with Crippen LogP contribution in [0.15, 0.2) is 32.7 Å². The molecule has 0 bridgehead atoms. The van der Waals surface area contributed by atoms with Crippen molar-refractivity contribution in [3.8, 4) is 0 Å². The van der Waals surface area contributed by atoms with E-state index in [1.807, 2.05) is 55.4 Å². The molecule has 0 spiro atoms. The molecule has 1 N–H and O–H groups in total. The van der Waals surface area contributed by atoms with Crippen LogP contribution in [0.4, 0.5) is 0 Å². The molecule has 3 nitrogen and oxygen atoms in total. The molecule has 4 aromatic rings. The molecule has 5 rings (SSSR count). The summed E-state index contributed by atoms with van der Waals surface area (Å²) in [7, 11) is 0. The fourth-order valence-electron chi connectivity index (χ4n) is 5.48. The highest BCUT2D eigenvalue weighted by Gasteiger charge is 2.33. The van der Waals surface area contributed by atoms with Gasteiger partial charge in [0.05, 0.1) is 23.7 Å². The average molecular weight is 697 g/mol.